The van der Waals surface area contributed by atoms with Gasteiger partial charge in [0.25, 0.3) is 0 Å². The van der Waals surface area contributed by atoms with Crippen molar-refractivity contribution in [1.82, 2.24) is 9.97 Å². The summed E-state index contributed by atoms with van der Waals surface area (Å²) in [5.74, 6) is 0.910. The molecule has 2 heterocycles. The minimum atomic E-state index is -0.592. The maximum absolute atomic E-state index is 13.6. The second-order valence-corrected chi connectivity index (χ2v) is 5.60. The van der Waals surface area contributed by atoms with Crippen molar-refractivity contribution in [2.45, 2.75) is 17.9 Å². The zero-order chi connectivity index (χ0) is 13.4. The summed E-state index contributed by atoms with van der Waals surface area (Å²) >= 11 is 7.81. The first-order valence-electron chi connectivity index (χ1n) is 5.69. The molecule has 1 aromatic heterocycles. The highest BCUT2D eigenvalue weighted by Gasteiger charge is 2.19. The van der Waals surface area contributed by atoms with Crippen LogP contribution in [-0.2, 0) is 17.9 Å². The van der Waals surface area contributed by atoms with E-state index in [1.54, 1.807) is 11.8 Å². The maximum atomic E-state index is 13.6. The molecule has 0 spiro atoms. The smallest absolute Gasteiger partial charge is 0.137 e. The van der Waals surface area contributed by atoms with Gasteiger partial charge in [0.1, 0.15) is 22.6 Å². The fraction of sp³-hybridized carbons (Fsp3) is 0.231. The van der Waals surface area contributed by atoms with Gasteiger partial charge in [-0.25, -0.2) is 18.7 Å². The zero-order valence-electron chi connectivity index (χ0n) is 9.79. The molecule has 0 atom stereocenters. The first-order chi connectivity index (χ1) is 9.13. The average Bonchev–Trinajstić information content (AvgIpc) is 2.81. The van der Waals surface area contributed by atoms with Crippen LogP contribution in [0.1, 0.15) is 22.6 Å². The Labute approximate surface area is 118 Å². The molecule has 0 aliphatic carbocycles. The van der Waals surface area contributed by atoms with Crippen LogP contribution in [0.2, 0.25) is 5.15 Å². The van der Waals surface area contributed by atoms with E-state index >= 15 is 0 Å². The standard InChI is InChI=1S/C13H9ClF2N2S/c14-13-9-5-19-6-11(9)17-12(18-13)3-7-1-2-8(15)4-10(7)16/h1-2,4H,3,5-6H2. The van der Waals surface area contributed by atoms with Gasteiger partial charge in [0, 0.05) is 29.6 Å². The summed E-state index contributed by atoms with van der Waals surface area (Å²) < 4.78 is 26.4. The minimum absolute atomic E-state index is 0.212. The van der Waals surface area contributed by atoms with Crippen molar-refractivity contribution in [2.24, 2.45) is 0 Å². The van der Waals surface area contributed by atoms with E-state index in [0.717, 1.165) is 28.8 Å². The topological polar surface area (TPSA) is 25.8 Å². The first kappa shape index (κ1) is 12.8. The average molecular weight is 299 g/mol. The Morgan fingerprint density at radius 2 is 2.05 bits per heavy atom. The number of halogens is 3. The van der Waals surface area contributed by atoms with Crippen LogP contribution in [-0.4, -0.2) is 9.97 Å². The van der Waals surface area contributed by atoms with E-state index in [-0.39, 0.29) is 6.42 Å². The molecule has 0 unspecified atom stereocenters. The molecule has 98 valence electrons. The number of rotatable bonds is 2. The Morgan fingerprint density at radius 1 is 1.21 bits per heavy atom. The predicted octanol–water partition coefficient (Wildman–Crippen LogP) is 3.75. The lowest BCUT2D eigenvalue weighted by Gasteiger charge is -2.06. The summed E-state index contributed by atoms with van der Waals surface area (Å²) in [6, 6.07) is 3.49. The lowest BCUT2D eigenvalue weighted by Crippen LogP contribution is -2.03. The number of thioether (sulfide) groups is 1. The van der Waals surface area contributed by atoms with E-state index in [9.17, 15) is 8.78 Å². The molecule has 1 aliphatic heterocycles. The van der Waals surface area contributed by atoms with Gasteiger partial charge in [-0.2, -0.15) is 11.8 Å². The summed E-state index contributed by atoms with van der Waals surface area (Å²) in [5.41, 5.74) is 2.25. The maximum Gasteiger partial charge on any atom is 0.137 e. The van der Waals surface area contributed by atoms with Crippen molar-refractivity contribution < 1.29 is 8.78 Å². The summed E-state index contributed by atoms with van der Waals surface area (Å²) in [7, 11) is 0. The largest absolute Gasteiger partial charge is 0.236 e. The molecule has 0 saturated carbocycles. The van der Waals surface area contributed by atoms with Crippen molar-refractivity contribution in [3.05, 3.63) is 57.6 Å². The van der Waals surface area contributed by atoms with Crippen molar-refractivity contribution in [1.29, 1.82) is 0 Å². The Balaban J connectivity index is 1.93. The molecule has 0 bridgehead atoms. The quantitative estimate of drug-likeness (QED) is 0.790. The van der Waals surface area contributed by atoms with Gasteiger partial charge in [-0.1, -0.05) is 17.7 Å². The molecule has 0 radical (unpaired) electrons. The van der Waals surface area contributed by atoms with Crippen LogP contribution < -0.4 is 0 Å². The summed E-state index contributed by atoms with van der Waals surface area (Å²) in [4.78, 5) is 8.58. The van der Waals surface area contributed by atoms with E-state index in [4.69, 9.17) is 11.6 Å². The molecule has 2 nitrogen and oxygen atoms in total. The predicted molar refractivity (Wildman–Crippen MR) is 71.2 cm³/mol. The molecule has 0 N–H and O–H groups in total. The van der Waals surface area contributed by atoms with Crippen LogP contribution in [0.4, 0.5) is 8.78 Å². The normalized spacial score (nSPS) is 13.6. The van der Waals surface area contributed by atoms with Gasteiger partial charge in [0.05, 0.1) is 5.69 Å². The van der Waals surface area contributed by atoms with Gasteiger partial charge in [0.2, 0.25) is 0 Å². The van der Waals surface area contributed by atoms with Crippen LogP contribution in [0, 0.1) is 11.6 Å². The molecule has 2 aromatic rings. The second kappa shape index (κ2) is 5.06. The zero-order valence-corrected chi connectivity index (χ0v) is 11.4. The van der Waals surface area contributed by atoms with E-state index in [1.807, 2.05) is 0 Å². The van der Waals surface area contributed by atoms with Gasteiger partial charge in [-0.05, 0) is 11.6 Å². The highest BCUT2D eigenvalue weighted by atomic mass is 35.5. The van der Waals surface area contributed by atoms with Gasteiger partial charge < -0.3 is 0 Å². The number of nitrogens with zero attached hydrogens (tertiary/aromatic N) is 2. The third-order valence-electron chi connectivity index (χ3n) is 2.94. The lowest BCUT2D eigenvalue weighted by atomic mass is 10.1. The lowest BCUT2D eigenvalue weighted by molar-refractivity contribution is 0.573. The van der Waals surface area contributed by atoms with Crippen LogP contribution in [0.15, 0.2) is 18.2 Å². The third kappa shape index (κ3) is 2.58. The molecule has 19 heavy (non-hydrogen) atoms. The van der Waals surface area contributed by atoms with Crippen molar-refractivity contribution in [3.63, 3.8) is 0 Å². The van der Waals surface area contributed by atoms with Gasteiger partial charge in [-0.15, -0.1) is 0 Å². The highest BCUT2D eigenvalue weighted by Crippen LogP contribution is 2.32. The van der Waals surface area contributed by atoms with E-state index in [2.05, 4.69) is 9.97 Å². The number of benzene rings is 1. The number of aromatic nitrogens is 2. The SMILES string of the molecule is Fc1ccc(Cc2nc(Cl)c3c(n2)CSC3)c(F)c1. The van der Waals surface area contributed by atoms with Crippen LogP contribution in [0.25, 0.3) is 0 Å². The molecule has 1 aliphatic rings. The molecular weight excluding hydrogens is 290 g/mol. The number of hydrogen-bond acceptors (Lipinski definition) is 3. The Hall–Kier alpha value is -1.20. The van der Waals surface area contributed by atoms with Crippen molar-refractivity contribution in [3.8, 4) is 0 Å². The molecule has 6 heteroatoms. The summed E-state index contributed by atoms with van der Waals surface area (Å²) in [6.07, 6.45) is 0.212. The number of hydrogen-bond donors (Lipinski definition) is 0. The third-order valence-corrected chi connectivity index (χ3v) is 4.22. The van der Waals surface area contributed by atoms with E-state index in [0.29, 0.717) is 16.5 Å². The highest BCUT2D eigenvalue weighted by molar-refractivity contribution is 7.98. The fourth-order valence-corrected chi connectivity index (χ4v) is 3.37. The van der Waals surface area contributed by atoms with Crippen molar-refractivity contribution >= 4 is 23.4 Å². The van der Waals surface area contributed by atoms with E-state index in [1.165, 1.54) is 12.1 Å². The monoisotopic (exact) mass is 298 g/mol. The fourth-order valence-electron chi connectivity index (χ4n) is 1.97. The number of fused-ring (bicyclic) bond motifs is 1. The van der Waals surface area contributed by atoms with Crippen LogP contribution in [0.5, 0.6) is 0 Å². The van der Waals surface area contributed by atoms with Crippen LogP contribution >= 0.6 is 23.4 Å². The summed E-state index contributed by atoms with van der Waals surface area (Å²) in [6.45, 7) is 0. The molecular formula is C13H9ClF2N2S. The Morgan fingerprint density at radius 3 is 2.84 bits per heavy atom. The Bertz CT molecular complexity index is 649. The van der Waals surface area contributed by atoms with E-state index < -0.39 is 11.6 Å². The molecule has 0 amide bonds. The summed E-state index contributed by atoms with van der Waals surface area (Å²) in [5, 5.41) is 0.438. The minimum Gasteiger partial charge on any atom is -0.236 e. The second-order valence-electron chi connectivity index (χ2n) is 4.26. The first-order valence-corrected chi connectivity index (χ1v) is 7.22. The van der Waals surface area contributed by atoms with Gasteiger partial charge >= 0.3 is 0 Å². The molecule has 0 fully saturated rings. The molecule has 3 rings (SSSR count). The van der Waals surface area contributed by atoms with Gasteiger partial charge in [0.15, 0.2) is 0 Å². The Kier molecular flexibility index (Phi) is 3.41. The van der Waals surface area contributed by atoms with Crippen LogP contribution in [0.3, 0.4) is 0 Å². The molecule has 0 saturated heterocycles. The van der Waals surface area contributed by atoms with Crippen molar-refractivity contribution in [2.75, 3.05) is 0 Å². The molecule has 1 aromatic carbocycles. The van der Waals surface area contributed by atoms with Gasteiger partial charge in [-0.3, -0.25) is 0 Å².